The first-order chi connectivity index (χ1) is 11.1. The fourth-order valence-electron chi connectivity index (χ4n) is 3.68. The van der Waals surface area contributed by atoms with Crippen molar-refractivity contribution in [2.24, 2.45) is 5.73 Å². The van der Waals surface area contributed by atoms with Crippen molar-refractivity contribution in [1.29, 1.82) is 0 Å². The van der Waals surface area contributed by atoms with Gasteiger partial charge < -0.3 is 15.5 Å². The molecule has 2 aliphatic heterocycles. The van der Waals surface area contributed by atoms with E-state index in [1.807, 2.05) is 4.90 Å². The number of carbonyl (C=O) groups excluding carboxylic acids is 2. The molecule has 0 spiro atoms. The van der Waals surface area contributed by atoms with Gasteiger partial charge in [0.05, 0.1) is 0 Å². The Hall–Kier alpha value is -1.88. The van der Waals surface area contributed by atoms with Crippen molar-refractivity contribution in [3.63, 3.8) is 0 Å². The Morgan fingerprint density at radius 3 is 2.00 bits per heavy atom. The normalized spacial score (nSPS) is 20.4. The molecule has 2 N–H and O–H groups in total. The number of benzene rings is 1. The number of rotatable bonds is 3. The average Bonchev–Trinajstić information content (AvgIpc) is 2.62. The van der Waals surface area contributed by atoms with Crippen LogP contribution in [0.3, 0.4) is 0 Å². The van der Waals surface area contributed by atoms with Crippen LogP contribution in [0.5, 0.6) is 0 Å². The first-order valence-electron chi connectivity index (χ1n) is 8.58. The van der Waals surface area contributed by atoms with Crippen molar-refractivity contribution in [1.82, 2.24) is 9.80 Å². The molecule has 5 heteroatoms. The summed E-state index contributed by atoms with van der Waals surface area (Å²) in [5.74, 6) is -0.413. The summed E-state index contributed by atoms with van der Waals surface area (Å²) in [4.78, 5) is 28.2. The summed E-state index contributed by atoms with van der Waals surface area (Å²) < 4.78 is 0. The van der Waals surface area contributed by atoms with Crippen LogP contribution >= 0.6 is 0 Å². The van der Waals surface area contributed by atoms with Gasteiger partial charge in [0.2, 0.25) is 5.91 Å². The van der Waals surface area contributed by atoms with Gasteiger partial charge in [-0.2, -0.15) is 0 Å². The van der Waals surface area contributed by atoms with Crippen LogP contribution in [0.4, 0.5) is 0 Å². The lowest BCUT2D eigenvalue weighted by molar-refractivity contribution is 0.0589. The predicted octanol–water partition coefficient (Wildman–Crippen LogP) is 1.88. The molecule has 2 saturated heterocycles. The molecule has 0 aromatic heterocycles. The maximum Gasteiger partial charge on any atom is 0.253 e. The quantitative estimate of drug-likeness (QED) is 0.926. The summed E-state index contributed by atoms with van der Waals surface area (Å²) in [6.45, 7) is 4.07. The first kappa shape index (κ1) is 16.0. The molecule has 0 atom stereocenters. The maximum absolute atomic E-state index is 12.6. The molecule has 2 fully saturated rings. The van der Waals surface area contributed by atoms with Gasteiger partial charge in [0.1, 0.15) is 0 Å². The molecule has 0 saturated carbocycles. The Morgan fingerprint density at radius 1 is 0.870 bits per heavy atom. The van der Waals surface area contributed by atoms with Gasteiger partial charge in [0, 0.05) is 30.3 Å². The van der Waals surface area contributed by atoms with Gasteiger partial charge in [-0.1, -0.05) is 6.42 Å². The molecule has 23 heavy (non-hydrogen) atoms. The minimum Gasteiger partial charge on any atom is -0.366 e. The number of nitrogens with zero attached hydrogens (tertiary/aromatic N) is 2. The van der Waals surface area contributed by atoms with Crippen molar-refractivity contribution in [3.05, 3.63) is 35.4 Å². The minimum atomic E-state index is -0.466. The van der Waals surface area contributed by atoms with Gasteiger partial charge in [0.25, 0.3) is 5.91 Å². The molecule has 3 rings (SSSR count). The highest BCUT2D eigenvalue weighted by molar-refractivity contribution is 5.97. The number of likely N-dealkylation sites (tertiary alicyclic amines) is 2. The van der Waals surface area contributed by atoms with Crippen LogP contribution in [0, 0.1) is 0 Å². The summed E-state index contributed by atoms with van der Waals surface area (Å²) in [6, 6.07) is 7.27. The minimum absolute atomic E-state index is 0.0538. The van der Waals surface area contributed by atoms with E-state index in [0.29, 0.717) is 17.2 Å². The van der Waals surface area contributed by atoms with E-state index >= 15 is 0 Å². The van der Waals surface area contributed by atoms with Crippen LogP contribution in [-0.4, -0.2) is 53.8 Å². The van der Waals surface area contributed by atoms with Crippen molar-refractivity contribution in [2.45, 2.75) is 38.1 Å². The van der Waals surface area contributed by atoms with Crippen molar-refractivity contribution in [2.75, 3.05) is 26.2 Å². The lowest BCUT2D eigenvalue weighted by Gasteiger charge is -2.40. The Morgan fingerprint density at radius 2 is 1.43 bits per heavy atom. The van der Waals surface area contributed by atoms with Gasteiger partial charge in [-0.15, -0.1) is 0 Å². The molecule has 1 aromatic rings. The second kappa shape index (κ2) is 7.13. The monoisotopic (exact) mass is 315 g/mol. The Kier molecular flexibility index (Phi) is 4.96. The Labute approximate surface area is 137 Å². The van der Waals surface area contributed by atoms with Gasteiger partial charge in [-0.25, -0.2) is 0 Å². The number of amides is 2. The third-order valence-electron chi connectivity index (χ3n) is 5.08. The van der Waals surface area contributed by atoms with Crippen LogP contribution < -0.4 is 5.73 Å². The molecule has 5 nitrogen and oxygen atoms in total. The Bertz CT molecular complexity index is 556. The summed E-state index contributed by atoms with van der Waals surface area (Å²) in [5.41, 5.74) is 6.30. The molecule has 2 amide bonds. The SMILES string of the molecule is NC(=O)c1ccc(C(=O)N2CCC(N3CCCCC3)CC2)cc1. The molecular weight excluding hydrogens is 290 g/mol. The van der Waals surface area contributed by atoms with Crippen molar-refractivity contribution >= 4 is 11.8 Å². The molecule has 0 bridgehead atoms. The fourth-order valence-corrected chi connectivity index (χ4v) is 3.68. The van der Waals surface area contributed by atoms with E-state index in [4.69, 9.17) is 5.73 Å². The van der Waals surface area contributed by atoms with E-state index in [1.165, 1.54) is 32.4 Å². The average molecular weight is 315 g/mol. The smallest absolute Gasteiger partial charge is 0.253 e. The molecule has 124 valence electrons. The fraction of sp³-hybridized carbons (Fsp3) is 0.556. The predicted molar refractivity (Wildman–Crippen MR) is 89.3 cm³/mol. The summed E-state index contributed by atoms with van der Waals surface area (Å²) >= 11 is 0. The topological polar surface area (TPSA) is 66.6 Å². The van der Waals surface area contributed by atoms with E-state index in [9.17, 15) is 9.59 Å². The van der Waals surface area contributed by atoms with E-state index in [1.54, 1.807) is 24.3 Å². The van der Waals surface area contributed by atoms with Gasteiger partial charge in [-0.05, 0) is 63.0 Å². The third kappa shape index (κ3) is 3.72. The largest absolute Gasteiger partial charge is 0.366 e. The molecular formula is C18H25N3O2. The summed E-state index contributed by atoms with van der Waals surface area (Å²) in [5, 5.41) is 0. The van der Waals surface area contributed by atoms with Gasteiger partial charge >= 0.3 is 0 Å². The van der Waals surface area contributed by atoms with Crippen LogP contribution in [0.25, 0.3) is 0 Å². The van der Waals surface area contributed by atoms with Crippen molar-refractivity contribution < 1.29 is 9.59 Å². The van der Waals surface area contributed by atoms with Crippen LogP contribution in [0.2, 0.25) is 0 Å². The molecule has 0 unspecified atom stereocenters. The Balaban J connectivity index is 1.56. The highest BCUT2D eigenvalue weighted by Crippen LogP contribution is 2.22. The zero-order chi connectivity index (χ0) is 16.2. The standard InChI is InChI=1S/C18H25N3O2/c19-17(22)14-4-6-15(7-5-14)18(23)21-12-8-16(9-13-21)20-10-2-1-3-11-20/h4-7,16H,1-3,8-13H2,(H2,19,22). The van der Waals surface area contributed by atoms with E-state index in [-0.39, 0.29) is 5.91 Å². The summed E-state index contributed by atoms with van der Waals surface area (Å²) in [6.07, 6.45) is 6.10. The zero-order valence-electron chi connectivity index (χ0n) is 13.5. The highest BCUT2D eigenvalue weighted by atomic mass is 16.2. The number of primary amides is 1. The van der Waals surface area contributed by atoms with Crippen LogP contribution in [-0.2, 0) is 0 Å². The zero-order valence-corrected chi connectivity index (χ0v) is 13.5. The van der Waals surface area contributed by atoms with E-state index in [0.717, 1.165) is 25.9 Å². The van der Waals surface area contributed by atoms with Gasteiger partial charge in [0.15, 0.2) is 0 Å². The number of hydrogen-bond donors (Lipinski definition) is 1. The van der Waals surface area contributed by atoms with Crippen LogP contribution in [0.1, 0.15) is 52.8 Å². The van der Waals surface area contributed by atoms with E-state index in [2.05, 4.69) is 4.90 Å². The molecule has 1 aromatic carbocycles. The molecule has 2 heterocycles. The van der Waals surface area contributed by atoms with Crippen LogP contribution in [0.15, 0.2) is 24.3 Å². The van der Waals surface area contributed by atoms with Crippen molar-refractivity contribution in [3.8, 4) is 0 Å². The third-order valence-corrected chi connectivity index (χ3v) is 5.08. The number of carbonyl (C=O) groups is 2. The summed E-state index contributed by atoms with van der Waals surface area (Å²) in [7, 11) is 0. The van der Waals surface area contributed by atoms with E-state index < -0.39 is 5.91 Å². The number of nitrogens with two attached hydrogens (primary N) is 1. The number of piperidine rings is 2. The first-order valence-corrected chi connectivity index (χ1v) is 8.58. The second-order valence-corrected chi connectivity index (χ2v) is 6.56. The lowest BCUT2D eigenvalue weighted by Crippen LogP contribution is -2.48. The van der Waals surface area contributed by atoms with Gasteiger partial charge in [-0.3, -0.25) is 9.59 Å². The maximum atomic E-state index is 12.6. The molecule has 0 radical (unpaired) electrons. The number of hydrogen-bond acceptors (Lipinski definition) is 3. The highest BCUT2D eigenvalue weighted by Gasteiger charge is 2.27. The molecule has 0 aliphatic carbocycles. The molecule has 2 aliphatic rings. The second-order valence-electron chi connectivity index (χ2n) is 6.56. The lowest BCUT2D eigenvalue weighted by atomic mass is 9.99.